The van der Waals surface area contributed by atoms with Crippen molar-refractivity contribution in [3.05, 3.63) is 23.3 Å². The van der Waals surface area contributed by atoms with Gasteiger partial charge < -0.3 is 21.9 Å². The number of rotatable bonds is 4. The molecule has 0 bridgehead atoms. The van der Waals surface area contributed by atoms with Gasteiger partial charge in [-0.25, -0.2) is 0 Å². The molecule has 1 aromatic carbocycles. The van der Waals surface area contributed by atoms with Gasteiger partial charge in [-0.2, -0.15) is 0 Å². The van der Waals surface area contributed by atoms with Crippen LogP contribution in [0, 0.1) is 0 Å². The van der Waals surface area contributed by atoms with Crippen LogP contribution in [-0.2, 0) is 11.2 Å². The van der Waals surface area contributed by atoms with E-state index in [1.807, 2.05) is 0 Å². The van der Waals surface area contributed by atoms with Crippen LogP contribution in [0.1, 0.15) is 41.6 Å². The van der Waals surface area contributed by atoms with Gasteiger partial charge in [0.2, 0.25) is 5.91 Å². The van der Waals surface area contributed by atoms with Crippen LogP contribution in [-0.4, -0.2) is 23.0 Å². The number of carbonyl (C=O) groups is 2. The highest BCUT2D eigenvalue weighted by molar-refractivity contribution is 5.99. The third-order valence-corrected chi connectivity index (χ3v) is 3.59. The Balaban J connectivity index is 2.12. The molecule has 2 rings (SSSR count). The lowest BCUT2D eigenvalue weighted by atomic mass is 10.0. The second-order valence-corrected chi connectivity index (χ2v) is 5.16. The zero-order valence-electron chi connectivity index (χ0n) is 11.2. The summed E-state index contributed by atoms with van der Waals surface area (Å²) in [6, 6.07) is 2.81. The highest BCUT2D eigenvalue weighted by Crippen LogP contribution is 2.25. The average Bonchev–Trinajstić information content (AvgIpc) is 2.85. The molecule has 1 aliphatic rings. The minimum Gasteiger partial charge on any atom is -0.508 e. The van der Waals surface area contributed by atoms with Crippen molar-refractivity contribution in [2.45, 2.75) is 38.1 Å². The van der Waals surface area contributed by atoms with E-state index in [1.165, 1.54) is 12.1 Å². The monoisotopic (exact) mass is 277 g/mol. The molecule has 0 atom stereocenters. The summed E-state index contributed by atoms with van der Waals surface area (Å²) in [6.07, 6.45) is 4.27. The number of carbonyl (C=O) groups excluding carboxylic acids is 2. The summed E-state index contributed by atoms with van der Waals surface area (Å²) >= 11 is 0. The molecule has 6 heteroatoms. The van der Waals surface area contributed by atoms with E-state index >= 15 is 0 Å². The number of anilines is 1. The molecule has 0 spiro atoms. The molecule has 0 unspecified atom stereocenters. The van der Waals surface area contributed by atoms with Gasteiger partial charge in [-0.15, -0.1) is 0 Å². The third-order valence-electron chi connectivity index (χ3n) is 3.59. The molecular formula is C14H19N3O3. The maximum atomic E-state index is 11.9. The fourth-order valence-electron chi connectivity index (χ4n) is 2.57. The molecule has 6 nitrogen and oxygen atoms in total. The predicted molar refractivity (Wildman–Crippen MR) is 75.1 cm³/mol. The van der Waals surface area contributed by atoms with Gasteiger partial charge in [0, 0.05) is 11.7 Å². The number of amides is 2. The zero-order valence-corrected chi connectivity index (χ0v) is 11.2. The molecule has 20 heavy (non-hydrogen) atoms. The van der Waals surface area contributed by atoms with Crippen LogP contribution in [0.5, 0.6) is 5.75 Å². The Kier molecular flexibility index (Phi) is 4.12. The van der Waals surface area contributed by atoms with E-state index in [0.717, 1.165) is 25.7 Å². The predicted octanol–water partition coefficient (Wildman–Crippen LogP) is 0.675. The zero-order chi connectivity index (χ0) is 14.7. The smallest absolute Gasteiger partial charge is 0.250 e. The minimum absolute atomic E-state index is 0.0248. The number of nitrogen functional groups attached to an aromatic ring is 1. The van der Waals surface area contributed by atoms with Gasteiger partial charge in [0.15, 0.2) is 0 Å². The normalized spacial score (nSPS) is 15.2. The number of phenols is 1. The summed E-state index contributed by atoms with van der Waals surface area (Å²) in [5.74, 6) is -1.02. The first kappa shape index (κ1) is 14.2. The van der Waals surface area contributed by atoms with Crippen LogP contribution in [0.25, 0.3) is 0 Å². The van der Waals surface area contributed by atoms with Crippen LogP contribution in [0.4, 0.5) is 5.69 Å². The highest BCUT2D eigenvalue weighted by atomic mass is 16.3. The van der Waals surface area contributed by atoms with E-state index in [9.17, 15) is 14.7 Å². The lowest BCUT2D eigenvalue weighted by molar-refractivity contribution is -0.121. The SMILES string of the molecule is NC(=O)c1cc(O)cc(CC(=O)NC2CCCC2)c1N. The summed E-state index contributed by atoms with van der Waals surface area (Å²) < 4.78 is 0. The van der Waals surface area contributed by atoms with E-state index in [2.05, 4.69) is 5.32 Å². The molecular weight excluding hydrogens is 258 g/mol. The van der Waals surface area contributed by atoms with Gasteiger partial charge in [-0.1, -0.05) is 12.8 Å². The van der Waals surface area contributed by atoms with Crippen molar-refractivity contribution in [1.29, 1.82) is 0 Å². The second kappa shape index (κ2) is 5.81. The van der Waals surface area contributed by atoms with Gasteiger partial charge in [-0.05, 0) is 30.5 Å². The van der Waals surface area contributed by atoms with Crippen molar-refractivity contribution in [2.24, 2.45) is 5.73 Å². The second-order valence-electron chi connectivity index (χ2n) is 5.16. The van der Waals surface area contributed by atoms with Crippen LogP contribution in [0.15, 0.2) is 12.1 Å². The van der Waals surface area contributed by atoms with Crippen molar-refractivity contribution in [3.8, 4) is 5.75 Å². The summed E-state index contributed by atoms with van der Waals surface area (Å²) in [5.41, 5.74) is 11.6. The largest absolute Gasteiger partial charge is 0.508 e. The van der Waals surface area contributed by atoms with E-state index in [-0.39, 0.29) is 35.4 Å². The molecule has 1 fully saturated rings. The molecule has 1 aliphatic carbocycles. The fourth-order valence-corrected chi connectivity index (χ4v) is 2.57. The van der Waals surface area contributed by atoms with Crippen LogP contribution < -0.4 is 16.8 Å². The molecule has 1 saturated carbocycles. The Morgan fingerprint density at radius 2 is 1.95 bits per heavy atom. The third kappa shape index (κ3) is 3.20. The first-order valence-corrected chi connectivity index (χ1v) is 6.68. The summed E-state index contributed by atoms with van der Waals surface area (Å²) in [5, 5.41) is 12.5. The number of phenolic OH excluding ortho intramolecular Hbond substituents is 1. The summed E-state index contributed by atoms with van der Waals surface area (Å²) in [6.45, 7) is 0. The van der Waals surface area contributed by atoms with Crippen molar-refractivity contribution in [2.75, 3.05) is 5.73 Å². The van der Waals surface area contributed by atoms with Gasteiger partial charge >= 0.3 is 0 Å². The van der Waals surface area contributed by atoms with E-state index in [4.69, 9.17) is 11.5 Å². The number of benzene rings is 1. The number of nitrogens with two attached hydrogens (primary N) is 2. The molecule has 6 N–H and O–H groups in total. The molecule has 0 saturated heterocycles. The molecule has 0 heterocycles. The molecule has 1 aromatic rings. The molecule has 0 aliphatic heterocycles. The Hall–Kier alpha value is -2.24. The van der Waals surface area contributed by atoms with Gasteiger partial charge in [0.1, 0.15) is 5.75 Å². The van der Waals surface area contributed by atoms with Crippen molar-refractivity contribution >= 4 is 17.5 Å². The molecule has 108 valence electrons. The Morgan fingerprint density at radius 3 is 2.55 bits per heavy atom. The lowest BCUT2D eigenvalue weighted by Gasteiger charge is -2.14. The van der Waals surface area contributed by atoms with Crippen LogP contribution >= 0.6 is 0 Å². The maximum absolute atomic E-state index is 11.9. The quantitative estimate of drug-likeness (QED) is 0.478. The Morgan fingerprint density at radius 1 is 1.30 bits per heavy atom. The lowest BCUT2D eigenvalue weighted by Crippen LogP contribution is -2.34. The standard InChI is InChI=1S/C14H19N3O3/c15-13-8(5-10(18)7-11(13)14(16)20)6-12(19)17-9-3-1-2-4-9/h5,7,9,18H,1-4,6,15H2,(H2,16,20)(H,17,19). The number of primary amides is 1. The number of aromatic hydroxyl groups is 1. The highest BCUT2D eigenvalue weighted by Gasteiger charge is 2.19. The number of hydrogen-bond acceptors (Lipinski definition) is 4. The van der Waals surface area contributed by atoms with E-state index < -0.39 is 5.91 Å². The van der Waals surface area contributed by atoms with Gasteiger partial charge in [-0.3, -0.25) is 9.59 Å². The maximum Gasteiger partial charge on any atom is 0.250 e. The Labute approximate surface area is 117 Å². The van der Waals surface area contributed by atoms with Crippen LogP contribution in [0.3, 0.4) is 0 Å². The van der Waals surface area contributed by atoms with Gasteiger partial charge in [0.25, 0.3) is 5.91 Å². The van der Waals surface area contributed by atoms with Crippen molar-refractivity contribution in [1.82, 2.24) is 5.32 Å². The molecule has 0 radical (unpaired) electrons. The van der Waals surface area contributed by atoms with Crippen LogP contribution in [0.2, 0.25) is 0 Å². The summed E-state index contributed by atoms with van der Waals surface area (Å²) in [4.78, 5) is 23.2. The first-order chi connectivity index (χ1) is 9.47. The summed E-state index contributed by atoms with van der Waals surface area (Å²) in [7, 11) is 0. The topological polar surface area (TPSA) is 118 Å². The average molecular weight is 277 g/mol. The fraction of sp³-hybridized carbons (Fsp3) is 0.429. The van der Waals surface area contributed by atoms with Gasteiger partial charge in [0.05, 0.1) is 12.0 Å². The van der Waals surface area contributed by atoms with Crippen molar-refractivity contribution < 1.29 is 14.7 Å². The minimum atomic E-state index is -0.726. The Bertz CT molecular complexity index is 537. The molecule has 0 aromatic heterocycles. The van der Waals surface area contributed by atoms with Crippen molar-refractivity contribution in [3.63, 3.8) is 0 Å². The number of hydrogen-bond donors (Lipinski definition) is 4. The molecule has 2 amide bonds. The first-order valence-electron chi connectivity index (χ1n) is 6.68. The number of nitrogens with one attached hydrogen (secondary N) is 1. The van der Waals surface area contributed by atoms with E-state index in [1.54, 1.807) is 0 Å². The van der Waals surface area contributed by atoms with E-state index in [0.29, 0.717) is 5.56 Å².